The third-order valence-electron chi connectivity index (χ3n) is 7.02. The van der Waals surface area contributed by atoms with Gasteiger partial charge in [-0.3, -0.25) is 4.79 Å². The van der Waals surface area contributed by atoms with Gasteiger partial charge in [0.25, 0.3) is 0 Å². The summed E-state index contributed by atoms with van der Waals surface area (Å²) >= 11 is 0. The van der Waals surface area contributed by atoms with E-state index in [2.05, 4.69) is 83.1 Å². The Hall–Kier alpha value is -1.89. The monoisotopic (exact) mass is 434 g/mol. The highest BCUT2D eigenvalue weighted by molar-refractivity contribution is 5.85. The van der Waals surface area contributed by atoms with Crippen LogP contribution < -0.4 is 0 Å². The maximum Gasteiger partial charge on any atom is 0.136 e. The van der Waals surface area contributed by atoms with Crippen molar-refractivity contribution in [2.75, 3.05) is 0 Å². The average molecular weight is 435 g/mol. The molecule has 0 aliphatic heterocycles. The summed E-state index contributed by atoms with van der Waals surface area (Å²) in [4.78, 5) is 13.1. The van der Waals surface area contributed by atoms with E-state index >= 15 is 0 Å². The molecule has 2 aromatic carbocycles. The molecule has 0 aromatic heterocycles. The highest BCUT2D eigenvalue weighted by Gasteiger charge is 2.42. The van der Waals surface area contributed by atoms with Gasteiger partial charge in [-0.05, 0) is 60.1 Å². The Balaban J connectivity index is 0.00000176. The van der Waals surface area contributed by atoms with Crippen LogP contribution in [0.2, 0.25) is 0 Å². The third kappa shape index (κ3) is 7.06. The van der Waals surface area contributed by atoms with E-state index in [4.69, 9.17) is 0 Å². The summed E-state index contributed by atoms with van der Waals surface area (Å²) in [6.45, 7) is 15.2. The van der Waals surface area contributed by atoms with Gasteiger partial charge < -0.3 is 0 Å². The number of unbranched alkanes of at least 4 members (excludes halogenated alkanes) is 2. The van der Waals surface area contributed by atoms with Crippen LogP contribution in [0.25, 0.3) is 0 Å². The quantitative estimate of drug-likeness (QED) is 0.379. The number of benzene rings is 2. The molecular formula is C31H46O. The summed E-state index contributed by atoms with van der Waals surface area (Å²) in [5.41, 5.74) is 5.56. The Labute approximate surface area is 198 Å². The van der Waals surface area contributed by atoms with Crippen LogP contribution in [0.5, 0.6) is 0 Å². The number of hydrogen-bond acceptors (Lipinski definition) is 1. The molecule has 1 aliphatic carbocycles. The molecule has 0 saturated heterocycles. The first-order valence-corrected chi connectivity index (χ1v) is 13.0. The molecule has 3 rings (SSSR count). The molecule has 1 aliphatic rings. The lowest BCUT2D eigenvalue weighted by molar-refractivity contribution is -0.121. The number of hydrogen-bond donors (Lipinski definition) is 0. The van der Waals surface area contributed by atoms with Crippen LogP contribution in [0.15, 0.2) is 48.5 Å². The first-order valence-electron chi connectivity index (χ1n) is 13.0. The van der Waals surface area contributed by atoms with Gasteiger partial charge in [-0.2, -0.15) is 0 Å². The number of Topliss-reactive ketones (excluding diaryl/α,β-unsaturated/α-hetero) is 1. The molecule has 0 amide bonds. The molecular weight excluding hydrogens is 388 g/mol. The van der Waals surface area contributed by atoms with E-state index < -0.39 is 0 Å². The van der Waals surface area contributed by atoms with E-state index in [9.17, 15) is 4.79 Å². The Morgan fingerprint density at radius 1 is 0.875 bits per heavy atom. The van der Waals surface area contributed by atoms with Crippen molar-refractivity contribution >= 4 is 5.78 Å². The molecule has 3 unspecified atom stereocenters. The molecule has 0 N–H and O–H groups in total. The molecule has 0 spiro atoms. The maximum atomic E-state index is 13.1. The van der Waals surface area contributed by atoms with Crippen LogP contribution >= 0.6 is 0 Å². The molecule has 2 aromatic rings. The molecule has 3 atom stereocenters. The second-order valence-corrected chi connectivity index (χ2v) is 10.5. The van der Waals surface area contributed by atoms with Gasteiger partial charge in [0, 0.05) is 12.3 Å². The first-order chi connectivity index (χ1) is 15.3. The van der Waals surface area contributed by atoms with Gasteiger partial charge in [-0.1, -0.05) is 115 Å². The summed E-state index contributed by atoms with van der Waals surface area (Å²) in [7, 11) is 0. The topological polar surface area (TPSA) is 17.1 Å². The van der Waals surface area contributed by atoms with Crippen molar-refractivity contribution in [2.45, 2.75) is 105 Å². The second kappa shape index (κ2) is 12.4. The molecule has 176 valence electrons. The SMILES string of the molecule is CC.CCCCCC1CC(=O)C(CCc2ccc(C)cc2)C1c1ccc(C(C)(C)C)cc1. The predicted octanol–water partition coefficient (Wildman–Crippen LogP) is 8.82. The van der Waals surface area contributed by atoms with Crippen molar-refractivity contribution in [1.82, 2.24) is 0 Å². The number of aryl methyl sites for hydroxylation is 2. The lowest BCUT2D eigenvalue weighted by Crippen LogP contribution is -2.18. The summed E-state index contributed by atoms with van der Waals surface area (Å²) in [5.74, 6) is 1.55. The standard InChI is InChI=1S/C29H40O.C2H6/c1-6-7-8-9-24-20-27(30)26(19-14-22-12-10-21(2)11-13-22)28(24)23-15-17-25(18-16-23)29(3,4)5;1-2/h10-13,15-18,24,26,28H,6-9,14,19-20H2,1-5H3;1-2H3. The van der Waals surface area contributed by atoms with Crippen LogP contribution in [-0.4, -0.2) is 5.78 Å². The van der Waals surface area contributed by atoms with Crippen molar-refractivity contribution in [3.8, 4) is 0 Å². The van der Waals surface area contributed by atoms with Crippen LogP contribution in [0.4, 0.5) is 0 Å². The van der Waals surface area contributed by atoms with E-state index in [0.29, 0.717) is 17.6 Å². The minimum Gasteiger partial charge on any atom is -0.299 e. The zero-order valence-electron chi connectivity index (χ0n) is 21.7. The van der Waals surface area contributed by atoms with Crippen molar-refractivity contribution < 1.29 is 4.79 Å². The van der Waals surface area contributed by atoms with Gasteiger partial charge in [-0.15, -0.1) is 0 Å². The number of ketones is 1. The Kier molecular flexibility index (Phi) is 10.2. The van der Waals surface area contributed by atoms with Gasteiger partial charge >= 0.3 is 0 Å². The normalized spacial score (nSPS) is 20.7. The maximum absolute atomic E-state index is 13.1. The average Bonchev–Trinajstić information content (AvgIpc) is 3.09. The number of carbonyl (C=O) groups excluding carboxylic acids is 1. The molecule has 0 radical (unpaired) electrons. The lowest BCUT2D eigenvalue weighted by Gasteiger charge is -2.26. The lowest BCUT2D eigenvalue weighted by atomic mass is 9.77. The zero-order valence-corrected chi connectivity index (χ0v) is 21.7. The molecule has 0 bridgehead atoms. The highest BCUT2D eigenvalue weighted by Crippen LogP contribution is 2.46. The molecule has 1 nitrogen and oxygen atoms in total. The van der Waals surface area contributed by atoms with Crippen molar-refractivity contribution in [2.24, 2.45) is 11.8 Å². The van der Waals surface area contributed by atoms with Crippen molar-refractivity contribution in [3.63, 3.8) is 0 Å². The zero-order chi connectivity index (χ0) is 23.7. The molecule has 1 saturated carbocycles. The van der Waals surface area contributed by atoms with E-state index in [0.717, 1.165) is 19.3 Å². The summed E-state index contributed by atoms with van der Waals surface area (Å²) in [6.07, 6.45) is 7.68. The van der Waals surface area contributed by atoms with Gasteiger partial charge in [0.15, 0.2) is 0 Å². The predicted molar refractivity (Wildman–Crippen MR) is 139 cm³/mol. The van der Waals surface area contributed by atoms with E-state index in [1.165, 1.54) is 47.9 Å². The third-order valence-corrected chi connectivity index (χ3v) is 7.02. The largest absolute Gasteiger partial charge is 0.299 e. The van der Waals surface area contributed by atoms with Gasteiger partial charge in [-0.25, -0.2) is 0 Å². The molecule has 1 fully saturated rings. The Bertz CT molecular complexity index is 807. The van der Waals surface area contributed by atoms with Crippen molar-refractivity contribution in [1.29, 1.82) is 0 Å². The Morgan fingerprint density at radius 2 is 1.50 bits per heavy atom. The smallest absolute Gasteiger partial charge is 0.136 e. The first kappa shape index (κ1) is 26.4. The van der Waals surface area contributed by atoms with Crippen LogP contribution in [-0.2, 0) is 16.6 Å². The van der Waals surface area contributed by atoms with Crippen LogP contribution in [0, 0.1) is 18.8 Å². The molecule has 0 heterocycles. The fraction of sp³-hybridized carbons (Fsp3) is 0.581. The van der Waals surface area contributed by atoms with E-state index in [-0.39, 0.29) is 11.3 Å². The molecule has 32 heavy (non-hydrogen) atoms. The van der Waals surface area contributed by atoms with E-state index in [1.54, 1.807) is 0 Å². The van der Waals surface area contributed by atoms with Crippen LogP contribution in [0.3, 0.4) is 0 Å². The number of carbonyl (C=O) groups is 1. The summed E-state index contributed by atoms with van der Waals surface area (Å²) in [6, 6.07) is 18.0. The highest BCUT2D eigenvalue weighted by atomic mass is 16.1. The fourth-order valence-electron chi connectivity index (χ4n) is 5.13. The minimum atomic E-state index is 0.162. The molecule has 1 heteroatoms. The van der Waals surface area contributed by atoms with Crippen LogP contribution in [0.1, 0.15) is 108 Å². The van der Waals surface area contributed by atoms with Gasteiger partial charge in [0.2, 0.25) is 0 Å². The van der Waals surface area contributed by atoms with Gasteiger partial charge in [0.05, 0.1) is 0 Å². The summed E-state index contributed by atoms with van der Waals surface area (Å²) in [5, 5.41) is 0. The van der Waals surface area contributed by atoms with Crippen molar-refractivity contribution in [3.05, 3.63) is 70.8 Å². The summed E-state index contributed by atoms with van der Waals surface area (Å²) < 4.78 is 0. The minimum absolute atomic E-state index is 0.162. The van der Waals surface area contributed by atoms with E-state index in [1.807, 2.05) is 13.8 Å². The number of rotatable bonds is 8. The fourth-order valence-corrected chi connectivity index (χ4v) is 5.13. The second-order valence-electron chi connectivity index (χ2n) is 10.5. The Morgan fingerprint density at radius 3 is 2.06 bits per heavy atom. The van der Waals surface area contributed by atoms with Gasteiger partial charge in [0.1, 0.15) is 5.78 Å².